The Bertz CT molecular complexity index is 798. The molecule has 0 aromatic heterocycles. The van der Waals surface area contributed by atoms with Crippen LogP contribution < -0.4 is 0 Å². The van der Waals surface area contributed by atoms with Crippen LogP contribution in [0.2, 0.25) is 0 Å². The van der Waals surface area contributed by atoms with E-state index in [0.29, 0.717) is 11.8 Å². The lowest BCUT2D eigenvalue weighted by Gasteiger charge is -2.69. The van der Waals surface area contributed by atoms with E-state index in [4.69, 9.17) is 4.74 Å². The SMILES string of the molecule is C=C1[C@H]2CC[C@@]3([C@@H]1O)[C@@H]([C@H]2OC(C)=O)[C@@]12C4[C@@H]3C[C@@H]1[C@@](C)(CC[C@@H]2O)CN4CC. The lowest BCUT2D eigenvalue weighted by Crippen LogP contribution is -2.72. The molecule has 0 aromatic rings. The van der Waals surface area contributed by atoms with Crippen molar-refractivity contribution >= 4 is 5.97 Å². The molecule has 29 heavy (non-hydrogen) atoms. The first-order valence-corrected chi connectivity index (χ1v) is 11.7. The molecule has 7 bridgehead atoms. The van der Waals surface area contributed by atoms with Crippen molar-refractivity contribution in [2.75, 3.05) is 13.1 Å². The molecule has 7 rings (SSSR count). The maximum atomic E-state index is 12.2. The van der Waals surface area contributed by atoms with Gasteiger partial charge in [-0.15, -0.1) is 0 Å². The zero-order valence-electron chi connectivity index (χ0n) is 17.9. The van der Waals surface area contributed by atoms with E-state index in [0.717, 1.165) is 50.8 Å². The number of carbonyl (C=O) groups excluding carboxylic acids is 1. The molecule has 1 saturated heterocycles. The van der Waals surface area contributed by atoms with Crippen molar-refractivity contribution in [3.8, 4) is 0 Å². The van der Waals surface area contributed by atoms with Gasteiger partial charge >= 0.3 is 5.97 Å². The van der Waals surface area contributed by atoms with Crippen molar-refractivity contribution in [2.24, 2.45) is 39.9 Å². The van der Waals surface area contributed by atoms with E-state index < -0.39 is 6.10 Å². The van der Waals surface area contributed by atoms with Crippen molar-refractivity contribution in [2.45, 2.75) is 77.2 Å². The van der Waals surface area contributed by atoms with Gasteiger partial charge in [0.1, 0.15) is 6.10 Å². The van der Waals surface area contributed by atoms with E-state index in [2.05, 4.69) is 25.3 Å². The molecule has 0 radical (unpaired) electrons. The van der Waals surface area contributed by atoms with Crippen LogP contribution in [0.5, 0.6) is 0 Å². The molecular weight excluding hydrogens is 366 g/mol. The lowest BCUT2D eigenvalue weighted by atomic mass is 9.38. The van der Waals surface area contributed by atoms with Crippen molar-refractivity contribution in [3.63, 3.8) is 0 Å². The van der Waals surface area contributed by atoms with E-state index in [-0.39, 0.29) is 52.3 Å². The van der Waals surface area contributed by atoms with Crippen LogP contribution >= 0.6 is 0 Å². The zero-order chi connectivity index (χ0) is 20.5. The van der Waals surface area contributed by atoms with Crippen LogP contribution in [0, 0.1) is 39.9 Å². The molecule has 5 nitrogen and oxygen atoms in total. The molecule has 7 fully saturated rings. The van der Waals surface area contributed by atoms with E-state index in [1.807, 2.05) is 0 Å². The smallest absolute Gasteiger partial charge is 0.302 e. The average molecular weight is 402 g/mol. The minimum Gasteiger partial charge on any atom is -0.462 e. The molecule has 2 N–H and O–H groups in total. The predicted molar refractivity (Wildman–Crippen MR) is 108 cm³/mol. The summed E-state index contributed by atoms with van der Waals surface area (Å²) in [6.45, 7) is 12.5. The number of piperidine rings is 1. The van der Waals surface area contributed by atoms with E-state index in [9.17, 15) is 15.0 Å². The Morgan fingerprint density at radius 3 is 2.76 bits per heavy atom. The summed E-state index contributed by atoms with van der Waals surface area (Å²) in [5.74, 6) is 0.606. The Hall–Kier alpha value is -0.910. The number of esters is 1. The molecular formula is C24H35NO4. The number of hydrogen-bond acceptors (Lipinski definition) is 5. The van der Waals surface area contributed by atoms with Gasteiger partial charge in [-0.05, 0) is 61.5 Å². The minimum atomic E-state index is -0.539. The summed E-state index contributed by atoms with van der Waals surface area (Å²) in [7, 11) is 0. The van der Waals surface area contributed by atoms with Crippen LogP contribution in [0.1, 0.15) is 52.9 Å². The average Bonchev–Trinajstić information content (AvgIpc) is 3.12. The second-order valence-electron chi connectivity index (χ2n) is 11.4. The van der Waals surface area contributed by atoms with Gasteiger partial charge in [-0.1, -0.05) is 20.4 Å². The summed E-state index contributed by atoms with van der Waals surface area (Å²) in [6.07, 6.45) is 3.72. The van der Waals surface area contributed by atoms with Crippen LogP contribution in [0.25, 0.3) is 0 Å². The molecule has 5 heteroatoms. The summed E-state index contributed by atoms with van der Waals surface area (Å²) < 4.78 is 6.07. The molecule has 0 aromatic carbocycles. The van der Waals surface area contributed by atoms with Crippen molar-refractivity contribution < 1.29 is 19.7 Å². The van der Waals surface area contributed by atoms with Crippen LogP contribution in [-0.4, -0.2) is 58.5 Å². The van der Waals surface area contributed by atoms with Gasteiger partial charge in [0.05, 0.1) is 12.2 Å². The summed E-state index contributed by atoms with van der Waals surface area (Å²) in [6, 6.07) is 0.281. The number of aliphatic hydroxyl groups excluding tert-OH is 2. The number of hydrogen-bond donors (Lipinski definition) is 2. The van der Waals surface area contributed by atoms with Gasteiger partial charge in [0.2, 0.25) is 0 Å². The molecule has 7 aliphatic rings. The normalized spacial score (nSPS) is 59.7. The minimum absolute atomic E-state index is 0.0192. The molecule has 1 heterocycles. The van der Waals surface area contributed by atoms with E-state index in [1.165, 1.54) is 6.92 Å². The third kappa shape index (κ3) is 1.77. The Kier molecular flexibility index (Phi) is 3.55. The van der Waals surface area contributed by atoms with Gasteiger partial charge < -0.3 is 14.9 Å². The van der Waals surface area contributed by atoms with Crippen LogP contribution in [0.4, 0.5) is 0 Å². The summed E-state index contributed by atoms with van der Waals surface area (Å²) in [4.78, 5) is 14.8. The highest BCUT2D eigenvalue weighted by Crippen LogP contribution is 2.83. The number of carbonyl (C=O) groups is 1. The Balaban J connectivity index is 1.61. The largest absolute Gasteiger partial charge is 0.462 e. The fraction of sp³-hybridized carbons (Fsp3) is 0.875. The van der Waals surface area contributed by atoms with Crippen molar-refractivity contribution in [1.82, 2.24) is 4.90 Å². The topological polar surface area (TPSA) is 70.0 Å². The first-order valence-electron chi connectivity index (χ1n) is 11.7. The number of aliphatic hydroxyl groups is 2. The van der Waals surface area contributed by atoms with Crippen molar-refractivity contribution in [3.05, 3.63) is 12.2 Å². The molecule has 6 aliphatic carbocycles. The highest BCUT2D eigenvalue weighted by Gasteiger charge is 2.86. The maximum absolute atomic E-state index is 12.2. The molecule has 11 atom stereocenters. The fourth-order valence-corrected chi connectivity index (χ4v) is 10.3. The number of ether oxygens (including phenoxy) is 1. The second kappa shape index (κ2) is 5.46. The molecule has 1 aliphatic heterocycles. The fourth-order valence-electron chi connectivity index (χ4n) is 10.3. The molecule has 6 saturated carbocycles. The lowest BCUT2D eigenvalue weighted by molar-refractivity contribution is -0.261. The number of nitrogens with zero attached hydrogens (tertiary/aromatic N) is 1. The van der Waals surface area contributed by atoms with Gasteiger partial charge in [0, 0.05) is 42.2 Å². The summed E-state index contributed by atoms with van der Waals surface area (Å²) in [5, 5.41) is 23.3. The predicted octanol–water partition coefficient (Wildman–Crippen LogP) is 2.36. The highest BCUT2D eigenvalue weighted by atomic mass is 16.5. The first-order chi connectivity index (χ1) is 13.7. The van der Waals surface area contributed by atoms with Crippen LogP contribution in [0.3, 0.4) is 0 Å². The second-order valence-corrected chi connectivity index (χ2v) is 11.4. The van der Waals surface area contributed by atoms with Gasteiger partial charge in [-0.25, -0.2) is 0 Å². The number of rotatable bonds is 2. The standard InChI is InChI=1S/C24H35NO4/c1-5-25-11-22(4)8-7-17(27)24-16(22)10-15(20(24)25)23-9-6-14(12(2)21(23)28)18(19(23)24)29-13(3)26/h14-21,27-28H,2,5-11H2,1,3-4H3/t14-,15+,16-,17+,18+,19-,20?,21-,22+,23+,24-/m1/s1. The van der Waals surface area contributed by atoms with Gasteiger partial charge in [0.25, 0.3) is 0 Å². The third-order valence-corrected chi connectivity index (χ3v) is 10.8. The zero-order valence-corrected chi connectivity index (χ0v) is 17.9. The van der Waals surface area contributed by atoms with Crippen LogP contribution in [-0.2, 0) is 9.53 Å². The van der Waals surface area contributed by atoms with Crippen LogP contribution in [0.15, 0.2) is 12.2 Å². The quantitative estimate of drug-likeness (QED) is 0.549. The Morgan fingerprint density at radius 2 is 2.07 bits per heavy atom. The molecule has 1 unspecified atom stereocenters. The Morgan fingerprint density at radius 1 is 1.31 bits per heavy atom. The van der Waals surface area contributed by atoms with Gasteiger partial charge in [-0.2, -0.15) is 0 Å². The first kappa shape index (κ1) is 18.8. The number of fused-ring (bicyclic) bond motifs is 2. The monoisotopic (exact) mass is 401 g/mol. The molecule has 2 spiro atoms. The third-order valence-electron chi connectivity index (χ3n) is 10.8. The number of likely N-dealkylation sites (tertiary alicyclic amines) is 1. The molecule has 160 valence electrons. The Labute approximate surface area is 173 Å². The molecule has 0 amide bonds. The maximum Gasteiger partial charge on any atom is 0.302 e. The van der Waals surface area contributed by atoms with E-state index >= 15 is 0 Å². The van der Waals surface area contributed by atoms with E-state index in [1.54, 1.807) is 0 Å². The summed E-state index contributed by atoms with van der Waals surface area (Å²) >= 11 is 0. The van der Waals surface area contributed by atoms with Gasteiger partial charge in [-0.3, -0.25) is 9.69 Å². The highest BCUT2D eigenvalue weighted by molar-refractivity contribution is 5.66. The van der Waals surface area contributed by atoms with Gasteiger partial charge in [0.15, 0.2) is 0 Å². The van der Waals surface area contributed by atoms with Crippen molar-refractivity contribution in [1.29, 1.82) is 0 Å². The summed E-state index contributed by atoms with van der Waals surface area (Å²) in [5.41, 5.74) is 0.492.